The summed E-state index contributed by atoms with van der Waals surface area (Å²) >= 11 is 0. The van der Waals surface area contributed by atoms with Crippen molar-refractivity contribution in [1.82, 2.24) is 24.9 Å². The number of nitrogens with zero attached hydrogens (tertiary/aromatic N) is 5. The second-order valence-corrected chi connectivity index (χ2v) is 9.18. The molecule has 2 heterocycles. The van der Waals surface area contributed by atoms with Crippen LogP contribution in [0.4, 0.5) is 0 Å². The van der Waals surface area contributed by atoms with Crippen molar-refractivity contribution >= 4 is 35.8 Å². The molecule has 186 valence electrons. The number of guanidine groups is 1. The van der Waals surface area contributed by atoms with Crippen LogP contribution in [0.25, 0.3) is 0 Å². The van der Waals surface area contributed by atoms with Crippen molar-refractivity contribution in [2.45, 2.75) is 52.2 Å². The van der Waals surface area contributed by atoms with Crippen LogP contribution in [-0.4, -0.2) is 103 Å². The lowest BCUT2D eigenvalue weighted by Gasteiger charge is -2.39. The maximum Gasteiger partial charge on any atom is 0.239 e. The van der Waals surface area contributed by atoms with Crippen LogP contribution in [0, 0.1) is 0 Å². The molecule has 2 saturated heterocycles. The van der Waals surface area contributed by atoms with Crippen molar-refractivity contribution in [2.24, 2.45) is 4.99 Å². The number of carbonyl (C=O) groups excluding carboxylic acids is 1. The largest absolute Gasteiger partial charge is 0.357 e. The second-order valence-electron chi connectivity index (χ2n) is 9.18. The summed E-state index contributed by atoms with van der Waals surface area (Å²) in [5.41, 5.74) is 1.33. The third kappa shape index (κ3) is 8.10. The van der Waals surface area contributed by atoms with Gasteiger partial charge in [-0.1, -0.05) is 30.3 Å². The van der Waals surface area contributed by atoms with Crippen LogP contribution >= 0.6 is 24.0 Å². The highest BCUT2D eigenvalue weighted by Crippen LogP contribution is 2.14. The molecule has 0 bridgehead atoms. The van der Waals surface area contributed by atoms with E-state index in [0.29, 0.717) is 11.9 Å². The molecule has 1 aromatic carbocycles. The Morgan fingerprint density at radius 1 is 1.03 bits per heavy atom. The Balaban J connectivity index is 0.00000385. The maximum absolute atomic E-state index is 12.8. The molecule has 1 aromatic rings. The van der Waals surface area contributed by atoms with Gasteiger partial charge in [0.05, 0.1) is 12.6 Å². The van der Waals surface area contributed by atoms with Gasteiger partial charge in [0.1, 0.15) is 0 Å². The van der Waals surface area contributed by atoms with E-state index in [1.54, 1.807) is 0 Å². The predicted octanol–water partition coefficient (Wildman–Crippen LogP) is 2.72. The van der Waals surface area contributed by atoms with Crippen LogP contribution in [-0.2, 0) is 11.3 Å². The fourth-order valence-electron chi connectivity index (χ4n) is 4.49. The van der Waals surface area contributed by atoms with E-state index in [9.17, 15) is 4.79 Å². The van der Waals surface area contributed by atoms with E-state index in [2.05, 4.69) is 78.2 Å². The van der Waals surface area contributed by atoms with Crippen molar-refractivity contribution in [2.75, 3.05) is 59.4 Å². The van der Waals surface area contributed by atoms with Crippen molar-refractivity contribution in [1.29, 1.82) is 0 Å². The molecule has 0 radical (unpaired) electrons. The molecule has 0 aromatic heterocycles. The Kier molecular flexibility index (Phi) is 11.9. The molecule has 2 aliphatic rings. The first-order valence-electron chi connectivity index (χ1n) is 12.3. The Hall–Kier alpha value is -1.39. The molecular weight excluding hydrogens is 527 g/mol. The lowest BCUT2D eigenvalue weighted by molar-refractivity contribution is -0.135. The highest BCUT2D eigenvalue weighted by Gasteiger charge is 2.30. The summed E-state index contributed by atoms with van der Waals surface area (Å²) in [4.78, 5) is 26.8. The number of piperazine rings is 1. The normalized spacial score (nSPS) is 19.4. The molecular formula is C25H43IN6O. The highest BCUT2D eigenvalue weighted by molar-refractivity contribution is 14.0. The molecule has 2 aliphatic heterocycles. The Bertz CT molecular complexity index is 732. The summed E-state index contributed by atoms with van der Waals surface area (Å²) in [6, 6.07) is 10.9. The maximum atomic E-state index is 12.8. The molecule has 1 amide bonds. The molecule has 0 saturated carbocycles. The van der Waals surface area contributed by atoms with E-state index in [4.69, 9.17) is 4.99 Å². The van der Waals surface area contributed by atoms with Gasteiger partial charge in [-0.3, -0.25) is 19.6 Å². The number of likely N-dealkylation sites (tertiary alicyclic amines) is 1. The average Bonchev–Trinajstić information content (AvgIpc) is 3.36. The van der Waals surface area contributed by atoms with Crippen molar-refractivity contribution in [3.63, 3.8) is 0 Å². The summed E-state index contributed by atoms with van der Waals surface area (Å²) in [5.74, 6) is 1.29. The fourth-order valence-corrected chi connectivity index (χ4v) is 4.49. The van der Waals surface area contributed by atoms with Gasteiger partial charge in [-0.05, 0) is 46.2 Å². The number of benzene rings is 1. The number of rotatable bonds is 8. The predicted molar refractivity (Wildman–Crippen MR) is 147 cm³/mol. The van der Waals surface area contributed by atoms with E-state index >= 15 is 0 Å². The van der Waals surface area contributed by atoms with Gasteiger partial charge in [0.2, 0.25) is 5.91 Å². The van der Waals surface area contributed by atoms with Gasteiger partial charge in [-0.25, -0.2) is 0 Å². The number of nitrogens with one attached hydrogen (secondary N) is 1. The summed E-state index contributed by atoms with van der Waals surface area (Å²) in [6.07, 6.45) is 2.29. The van der Waals surface area contributed by atoms with Crippen LogP contribution < -0.4 is 5.32 Å². The van der Waals surface area contributed by atoms with Crippen LogP contribution in [0.3, 0.4) is 0 Å². The lowest BCUT2D eigenvalue weighted by Crippen LogP contribution is -2.57. The van der Waals surface area contributed by atoms with E-state index < -0.39 is 0 Å². The molecule has 33 heavy (non-hydrogen) atoms. The number of carbonyl (C=O) groups is 1. The minimum atomic E-state index is -0.0265. The second kappa shape index (κ2) is 14.1. The number of amides is 1. The van der Waals surface area contributed by atoms with Gasteiger partial charge in [0, 0.05) is 58.4 Å². The molecule has 2 atom stereocenters. The van der Waals surface area contributed by atoms with Gasteiger partial charge in [0.15, 0.2) is 5.96 Å². The van der Waals surface area contributed by atoms with E-state index in [0.717, 1.165) is 77.7 Å². The summed E-state index contributed by atoms with van der Waals surface area (Å²) in [7, 11) is 2.16. The minimum absolute atomic E-state index is 0. The Morgan fingerprint density at radius 3 is 2.27 bits per heavy atom. The molecule has 8 heteroatoms. The van der Waals surface area contributed by atoms with E-state index in [1.165, 1.54) is 5.56 Å². The fraction of sp³-hybridized carbons (Fsp3) is 0.680. The van der Waals surface area contributed by atoms with Crippen molar-refractivity contribution in [3.8, 4) is 0 Å². The van der Waals surface area contributed by atoms with Crippen LogP contribution in [0.2, 0.25) is 0 Å². The van der Waals surface area contributed by atoms with Crippen LogP contribution in [0.1, 0.15) is 39.2 Å². The van der Waals surface area contributed by atoms with Crippen LogP contribution in [0.5, 0.6) is 0 Å². The smallest absolute Gasteiger partial charge is 0.239 e. The zero-order valence-electron chi connectivity index (χ0n) is 20.9. The standard InChI is InChI=1S/C25H42N6O.HI/c1-5-26-25(27-19-21(2)28(4)20-23-11-7-6-8-12-23)31-17-15-29(16-18-31)22(3)24(32)30-13-9-10-14-30;/h6-8,11-12,21-22H,5,9-10,13-20H2,1-4H3,(H,26,27);1H. The van der Waals surface area contributed by atoms with Crippen molar-refractivity contribution < 1.29 is 4.79 Å². The van der Waals surface area contributed by atoms with E-state index in [1.807, 2.05) is 4.90 Å². The van der Waals surface area contributed by atoms with Crippen LogP contribution in [0.15, 0.2) is 35.3 Å². The van der Waals surface area contributed by atoms with E-state index in [-0.39, 0.29) is 30.0 Å². The molecule has 0 spiro atoms. The first-order valence-corrected chi connectivity index (χ1v) is 12.3. The third-order valence-corrected chi connectivity index (χ3v) is 6.80. The monoisotopic (exact) mass is 570 g/mol. The first-order chi connectivity index (χ1) is 15.5. The molecule has 7 nitrogen and oxygen atoms in total. The van der Waals surface area contributed by atoms with Gasteiger partial charge in [0.25, 0.3) is 0 Å². The molecule has 3 rings (SSSR count). The topological polar surface area (TPSA) is 54.4 Å². The number of hydrogen-bond donors (Lipinski definition) is 1. The summed E-state index contributed by atoms with van der Waals surface area (Å²) < 4.78 is 0. The number of likely N-dealkylation sites (N-methyl/N-ethyl adjacent to an activating group) is 1. The molecule has 1 N–H and O–H groups in total. The molecule has 2 unspecified atom stereocenters. The van der Waals surface area contributed by atoms with Gasteiger partial charge >= 0.3 is 0 Å². The first kappa shape index (κ1) is 27.9. The summed E-state index contributed by atoms with van der Waals surface area (Å²) in [5, 5.41) is 3.47. The zero-order chi connectivity index (χ0) is 22.9. The third-order valence-electron chi connectivity index (χ3n) is 6.80. The number of aliphatic imine (C=N–C) groups is 1. The zero-order valence-corrected chi connectivity index (χ0v) is 23.2. The van der Waals surface area contributed by atoms with Gasteiger partial charge in [-0.15, -0.1) is 24.0 Å². The molecule has 2 fully saturated rings. The number of halogens is 1. The Labute approximate surface area is 217 Å². The van der Waals surface area contributed by atoms with Crippen molar-refractivity contribution in [3.05, 3.63) is 35.9 Å². The molecule has 0 aliphatic carbocycles. The lowest BCUT2D eigenvalue weighted by atomic mass is 10.2. The summed E-state index contributed by atoms with van der Waals surface area (Å²) in [6.45, 7) is 14.4. The van der Waals surface area contributed by atoms with Gasteiger partial charge < -0.3 is 15.1 Å². The SMILES string of the molecule is CCNC(=NCC(C)N(C)Cc1ccccc1)N1CCN(C(C)C(=O)N2CCCC2)CC1.I. The average molecular weight is 571 g/mol. The van der Waals surface area contributed by atoms with Gasteiger partial charge in [-0.2, -0.15) is 0 Å². The quantitative estimate of drug-likeness (QED) is 0.296. The highest BCUT2D eigenvalue weighted by atomic mass is 127. The number of hydrogen-bond acceptors (Lipinski definition) is 4. The Morgan fingerprint density at radius 2 is 1.67 bits per heavy atom. The minimum Gasteiger partial charge on any atom is -0.357 e.